The van der Waals surface area contributed by atoms with Gasteiger partial charge < -0.3 is 10.5 Å². The van der Waals surface area contributed by atoms with Crippen molar-refractivity contribution < 1.29 is 4.74 Å². The summed E-state index contributed by atoms with van der Waals surface area (Å²) in [6.45, 7) is 0.954. The van der Waals surface area contributed by atoms with Gasteiger partial charge in [0.1, 0.15) is 0 Å². The van der Waals surface area contributed by atoms with E-state index in [1.807, 2.05) is 0 Å². The lowest BCUT2D eigenvalue weighted by atomic mass is 9.78. The van der Waals surface area contributed by atoms with Gasteiger partial charge in [0.2, 0.25) is 0 Å². The van der Waals surface area contributed by atoms with Crippen molar-refractivity contribution in [2.75, 3.05) is 18.1 Å². The molecule has 0 amide bonds. The molecule has 3 aliphatic rings. The lowest BCUT2D eigenvalue weighted by molar-refractivity contribution is -0.106. The topological polar surface area (TPSA) is 35.2 Å². The fraction of sp³-hybridized carbons (Fsp3) is 1.00. The van der Waals surface area contributed by atoms with Crippen LogP contribution in [0.5, 0.6) is 0 Å². The maximum Gasteiger partial charge on any atom is 0.0701 e. The van der Waals surface area contributed by atoms with E-state index in [1.165, 1.54) is 50.0 Å². The van der Waals surface area contributed by atoms with Gasteiger partial charge in [-0.05, 0) is 61.9 Å². The molecule has 0 aromatic carbocycles. The minimum atomic E-state index is 0.223. The Labute approximate surface area is 103 Å². The monoisotopic (exact) mass is 241 g/mol. The fourth-order valence-corrected chi connectivity index (χ4v) is 4.59. The number of thioether (sulfide) groups is 1. The van der Waals surface area contributed by atoms with Crippen molar-refractivity contribution in [1.82, 2.24) is 0 Å². The lowest BCUT2D eigenvalue weighted by Crippen LogP contribution is -2.47. The highest BCUT2D eigenvalue weighted by molar-refractivity contribution is 7.99. The predicted octanol–water partition coefficient (Wildman–Crippen LogP) is 2.42. The second kappa shape index (κ2) is 4.51. The van der Waals surface area contributed by atoms with Crippen LogP contribution in [0.15, 0.2) is 0 Å². The van der Waals surface area contributed by atoms with Crippen LogP contribution >= 0.6 is 11.8 Å². The summed E-state index contributed by atoms with van der Waals surface area (Å²) >= 11 is 2.08. The second-order valence-electron chi connectivity index (χ2n) is 5.81. The zero-order valence-corrected chi connectivity index (χ0v) is 10.8. The molecule has 3 fully saturated rings. The molecule has 2 aliphatic heterocycles. The third-order valence-corrected chi connectivity index (χ3v) is 5.63. The average molecular weight is 241 g/mol. The number of rotatable bonds is 2. The molecule has 3 heteroatoms. The van der Waals surface area contributed by atoms with Crippen LogP contribution in [0.2, 0.25) is 0 Å². The van der Waals surface area contributed by atoms with E-state index in [9.17, 15) is 0 Å². The maximum atomic E-state index is 6.38. The van der Waals surface area contributed by atoms with Gasteiger partial charge in [0.05, 0.1) is 5.60 Å². The maximum absolute atomic E-state index is 6.38. The van der Waals surface area contributed by atoms with Crippen LogP contribution in [0, 0.1) is 11.8 Å². The highest BCUT2D eigenvalue weighted by Gasteiger charge is 2.43. The standard InChI is InChI=1S/C13H23NOS/c14-12(10-1-2-10)11-3-6-15-13(9-11)4-7-16-8-5-13/h10-12H,1-9,14H2. The molecule has 3 rings (SSSR count). The summed E-state index contributed by atoms with van der Waals surface area (Å²) < 4.78 is 6.12. The van der Waals surface area contributed by atoms with Gasteiger partial charge in [-0.15, -0.1) is 0 Å². The van der Waals surface area contributed by atoms with Gasteiger partial charge in [0.25, 0.3) is 0 Å². The van der Waals surface area contributed by atoms with Crippen LogP contribution in [-0.2, 0) is 4.74 Å². The van der Waals surface area contributed by atoms with Gasteiger partial charge in [-0.1, -0.05) is 0 Å². The molecular weight excluding hydrogens is 218 g/mol. The zero-order chi connectivity index (χ0) is 11.0. The Kier molecular flexibility index (Phi) is 3.20. The summed E-state index contributed by atoms with van der Waals surface area (Å²) in [5, 5.41) is 0. The molecule has 1 saturated carbocycles. The molecule has 1 aliphatic carbocycles. The molecule has 0 aromatic rings. The molecular formula is C13H23NOS. The van der Waals surface area contributed by atoms with E-state index in [2.05, 4.69) is 11.8 Å². The van der Waals surface area contributed by atoms with Crippen molar-refractivity contribution in [2.45, 2.75) is 50.2 Å². The smallest absolute Gasteiger partial charge is 0.0701 e. The first-order chi connectivity index (χ1) is 7.79. The lowest BCUT2D eigenvalue weighted by Gasteiger charge is -2.44. The van der Waals surface area contributed by atoms with Crippen LogP contribution in [0.4, 0.5) is 0 Å². The first-order valence-corrected chi connectivity index (χ1v) is 7.92. The van der Waals surface area contributed by atoms with Crippen molar-refractivity contribution in [3.63, 3.8) is 0 Å². The van der Waals surface area contributed by atoms with Crippen LogP contribution in [0.25, 0.3) is 0 Å². The van der Waals surface area contributed by atoms with Crippen LogP contribution in [0.1, 0.15) is 38.5 Å². The van der Waals surface area contributed by atoms with Gasteiger partial charge in [-0.25, -0.2) is 0 Å². The summed E-state index contributed by atoms with van der Waals surface area (Å²) in [6.07, 6.45) is 7.71. The van der Waals surface area contributed by atoms with Gasteiger partial charge in [-0.3, -0.25) is 0 Å². The van der Waals surface area contributed by atoms with Crippen molar-refractivity contribution in [3.05, 3.63) is 0 Å². The third-order valence-electron chi connectivity index (χ3n) is 4.65. The van der Waals surface area contributed by atoms with E-state index < -0.39 is 0 Å². The summed E-state index contributed by atoms with van der Waals surface area (Å²) in [5.74, 6) is 4.15. The van der Waals surface area contributed by atoms with E-state index in [0.29, 0.717) is 6.04 Å². The van der Waals surface area contributed by atoms with Gasteiger partial charge in [-0.2, -0.15) is 11.8 Å². The van der Waals surface area contributed by atoms with E-state index in [-0.39, 0.29) is 5.60 Å². The Morgan fingerprint density at radius 2 is 1.88 bits per heavy atom. The number of nitrogens with two attached hydrogens (primary N) is 1. The summed E-state index contributed by atoms with van der Waals surface area (Å²) in [5.41, 5.74) is 6.61. The van der Waals surface area contributed by atoms with Crippen molar-refractivity contribution >= 4 is 11.8 Å². The highest BCUT2D eigenvalue weighted by Crippen LogP contribution is 2.44. The van der Waals surface area contributed by atoms with E-state index >= 15 is 0 Å². The molecule has 2 nitrogen and oxygen atoms in total. The average Bonchev–Trinajstić information content (AvgIpc) is 3.13. The van der Waals surface area contributed by atoms with Crippen LogP contribution in [0.3, 0.4) is 0 Å². The molecule has 92 valence electrons. The summed E-state index contributed by atoms with van der Waals surface area (Å²) in [4.78, 5) is 0. The molecule has 2 N–H and O–H groups in total. The Balaban J connectivity index is 1.63. The third kappa shape index (κ3) is 2.27. The van der Waals surface area contributed by atoms with Gasteiger partial charge in [0.15, 0.2) is 0 Å². The molecule has 0 bridgehead atoms. The highest BCUT2D eigenvalue weighted by atomic mass is 32.2. The number of ether oxygens (including phenoxy) is 1. The minimum Gasteiger partial charge on any atom is -0.375 e. The molecule has 2 heterocycles. The van der Waals surface area contributed by atoms with Crippen molar-refractivity contribution in [1.29, 1.82) is 0 Å². The summed E-state index contributed by atoms with van der Waals surface area (Å²) in [6, 6.07) is 0.468. The van der Waals surface area contributed by atoms with E-state index in [4.69, 9.17) is 10.5 Å². The SMILES string of the molecule is NC(C1CC1)C1CCOC2(CCSCC2)C1. The first-order valence-electron chi connectivity index (χ1n) is 6.76. The predicted molar refractivity (Wildman–Crippen MR) is 68.7 cm³/mol. The summed E-state index contributed by atoms with van der Waals surface area (Å²) in [7, 11) is 0. The molecule has 2 saturated heterocycles. The first kappa shape index (κ1) is 11.4. The Bertz CT molecular complexity index is 243. The second-order valence-corrected chi connectivity index (χ2v) is 7.04. The Morgan fingerprint density at radius 3 is 2.56 bits per heavy atom. The normalized spacial score (nSPS) is 36.2. The molecule has 1 spiro atoms. The zero-order valence-electron chi connectivity index (χ0n) is 9.99. The van der Waals surface area contributed by atoms with E-state index in [0.717, 1.165) is 18.4 Å². The Morgan fingerprint density at radius 1 is 1.12 bits per heavy atom. The minimum absolute atomic E-state index is 0.223. The number of hydrogen-bond acceptors (Lipinski definition) is 3. The van der Waals surface area contributed by atoms with Crippen molar-refractivity contribution in [2.24, 2.45) is 17.6 Å². The van der Waals surface area contributed by atoms with Crippen LogP contribution in [-0.4, -0.2) is 29.8 Å². The largest absolute Gasteiger partial charge is 0.375 e. The Hall–Kier alpha value is 0.270. The van der Waals surface area contributed by atoms with Gasteiger partial charge in [0, 0.05) is 12.6 Å². The molecule has 16 heavy (non-hydrogen) atoms. The van der Waals surface area contributed by atoms with Gasteiger partial charge >= 0.3 is 0 Å². The number of hydrogen-bond donors (Lipinski definition) is 1. The quantitative estimate of drug-likeness (QED) is 0.806. The molecule has 0 aromatic heterocycles. The molecule has 2 atom stereocenters. The molecule has 2 unspecified atom stereocenters. The van der Waals surface area contributed by atoms with Crippen molar-refractivity contribution in [3.8, 4) is 0 Å². The van der Waals surface area contributed by atoms with Crippen LogP contribution < -0.4 is 5.73 Å². The fourth-order valence-electron chi connectivity index (χ4n) is 3.35. The van der Waals surface area contributed by atoms with E-state index in [1.54, 1.807) is 0 Å². The molecule has 0 radical (unpaired) electrons.